The number of morpholine rings is 1. The fourth-order valence-electron chi connectivity index (χ4n) is 5.56. The third-order valence-corrected chi connectivity index (χ3v) is 8.91. The van der Waals surface area contributed by atoms with Crippen LogP contribution in [0.4, 0.5) is 0 Å². The lowest BCUT2D eigenvalue weighted by Gasteiger charge is -2.35. The molecule has 1 saturated heterocycles. The molecule has 3 aliphatic rings. The zero-order valence-electron chi connectivity index (χ0n) is 21.0. The molecule has 192 valence electrons. The molecule has 1 atom stereocenters. The number of aromatic hydroxyl groups is 2. The van der Waals surface area contributed by atoms with Crippen LogP contribution in [0.5, 0.6) is 17.2 Å². The number of hydrogen-bond acceptors (Lipinski definition) is 7. The van der Waals surface area contributed by atoms with Crippen molar-refractivity contribution in [3.8, 4) is 28.4 Å². The highest BCUT2D eigenvalue weighted by molar-refractivity contribution is 8.15. The second kappa shape index (κ2) is 10.3. The Hall–Kier alpha value is -2.71. The van der Waals surface area contributed by atoms with E-state index in [0.29, 0.717) is 36.7 Å². The molecule has 0 aromatic heterocycles. The van der Waals surface area contributed by atoms with Crippen molar-refractivity contribution in [1.29, 1.82) is 0 Å². The monoisotopic (exact) mass is 510 g/mol. The molecule has 2 aliphatic heterocycles. The average molecular weight is 511 g/mol. The zero-order chi connectivity index (χ0) is 25.3. The number of ether oxygens (including phenoxy) is 2. The number of hydrogen-bond donors (Lipinski definition) is 2. The normalized spacial score (nSPS) is 21.9. The van der Waals surface area contributed by atoms with E-state index in [1.807, 2.05) is 18.2 Å². The summed E-state index contributed by atoms with van der Waals surface area (Å²) in [5, 5.41) is 22.2. The van der Waals surface area contributed by atoms with Gasteiger partial charge in [-0.1, -0.05) is 44.0 Å². The Morgan fingerprint density at radius 3 is 2.61 bits per heavy atom. The number of benzene rings is 2. The van der Waals surface area contributed by atoms with Gasteiger partial charge in [0.15, 0.2) is 16.7 Å². The summed E-state index contributed by atoms with van der Waals surface area (Å²) in [4.78, 5) is 19.1. The van der Waals surface area contributed by atoms with Crippen molar-refractivity contribution in [2.75, 3.05) is 33.4 Å². The smallest absolute Gasteiger partial charge is 0.262 e. The molecule has 1 aliphatic carbocycles. The quantitative estimate of drug-likeness (QED) is 0.593. The SMILES string of the molecule is COc1cc(CC2SC(N3CCOCC3)=NC2=O)cc(-c2ccc(O)c(C3(C)CCCCC3)c2)c1O. The summed E-state index contributed by atoms with van der Waals surface area (Å²) in [6.45, 7) is 4.99. The first kappa shape index (κ1) is 25.0. The van der Waals surface area contributed by atoms with Gasteiger partial charge >= 0.3 is 0 Å². The highest BCUT2D eigenvalue weighted by Gasteiger charge is 2.33. The van der Waals surface area contributed by atoms with E-state index in [1.54, 1.807) is 12.1 Å². The number of amidine groups is 1. The highest BCUT2D eigenvalue weighted by Crippen LogP contribution is 2.46. The summed E-state index contributed by atoms with van der Waals surface area (Å²) in [7, 11) is 1.53. The first-order valence-corrected chi connectivity index (χ1v) is 13.6. The minimum absolute atomic E-state index is 0.0577. The molecule has 8 heteroatoms. The fraction of sp³-hybridized carbons (Fsp3) is 0.500. The summed E-state index contributed by atoms with van der Waals surface area (Å²) in [6, 6.07) is 9.29. The predicted octanol–water partition coefficient (Wildman–Crippen LogP) is 4.87. The number of aliphatic imine (C=N–C) groups is 1. The van der Waals surface area contributed by atoms with E-state index in [1.165, 1.54) is 25.3 Å². The molecule has 2 fully saturated rings. The second-order valence-electron chi connectivity index (χ2n) is 10.2. The Morgan fingerprint density at radius 1 is 1.14 bits per heavy atom. The molecule has 1 saturated carbocycles. The molecule has 2 heterocycles. The molecule has 36 heavy (non-hydrogen) atoms. The number of carbonyl (C=O) groups is 1. The Balaban J connectivity index is 1.43. The topological polar surface area (TPSA) is 91.6 Å². The Kier molecular flexibility index (Phi) is 7.17. The van der Waals surface area contributed by atoms with Crippen molar-refractivity contribution in [2.24, 2.45) is 4.99 Å². The molecule has 2 N–H and O–H groups in total. The number of nitrogens with zero attached hydrogens (tertiary/aromatic N) is 2. The van der Waals surface area contributed by atoms with E-state index < -0.39 is 0 Å². The van der Waals surface area contributed by atoms with Crippen LogP contribution in [0.2, 0.25) is 0 Å². The Bertz CT molecular complexity index is 1170. The van der Waals surface area contributed by atoms with Crippen molar-refractivity contribution >= 4 is 22.8 Å². The molecule has 2 aromatic carbocycles. The molecule has 5 rings (SSSR count). The minimum atomic E-state index is -0.318. The lowest BCUT2D eigenvalue weighted by atomic mass is 9.70. The van der Waals surface area contributed by atoms with Crippen LogP contribution in [0, 0.1) is 0 Å². The van der Waals surface area contributed by atoms with Crippen molar-refractivity contribution < 1.29 is 24.5 Å². The lowest BCUT2D eigenvalue weighted by molar-refractivity contribution is -0.117. The molecular formula is C28H34N2O5S. The maximum atomic E-state index is 12.7. The molecule has 7 nitrogen and oxygen atoms in total. The van der Waals surface area contributed by atoms with Crippen LogP contribution < -0.4 is 4.74 Å². The number of thioether (sulfide) groups is 1. The number of phenolic OH excluding ortho intramolecular Hbond substituents is 2. The summed E-state index contributed by atoms with van der Waals surface area (Å²) in [6.07, 6.45) is 6.07. The van der Waals surface area contributed by atoms with Crippen LogP contribution >= 0.6 is 11.8 Å². The summed E-state index contributed by atoms with van der Waals surface area (Å²) in [5.41, 5.74) is 3.18. The Morgan fingerprint density at radius 2 is 1.89 bits per heavy atom. The van der Waals surface area contributed by atoms with Gasteiger partial charge < -0.3 is 24.6 Å². The predicted molar refractivity (Wildman–Crippen MR) is 142 cm³/mol. The summed E-state index contributed by atoms with van der Waals surface area (Å²) < 4.78 is 10.9. The number of methoxy groups -OCH3 is 1. The first-order valence-electron chi connectivity index (χ1n) is 12.7. The van der Waals surface area contributed by atoms with Gasteiger partial charge in [0.05, 0.1) is 25.6 Å². The van der Waals surface area contributed by atoms with Gasteiger partial charge in [-0.05, 0) is 60.1 Å². The maximum Gasteiger partial charge on any atom is 0.262 e. The van der Waals surface area contributed by atoms with Crippen LogP contribution in [0.1, 0.15) is 50.2 Å². The van der Waals surface area contributed by atoms with Gasteiger partial charge in [-0.25, -0.2) is 0 Å². The third kappa shape index (κ3) is 4.93. The van der Waals surface area contributed by atoms with Gasteiger partial charge in [0.2, 0.25) is 0 Å². The molecule has 1 unspecified atom stereocenters. The zero-order valence-corrected chi connectivity index (χ0v) is 21.8. The largest absolute Gasteiger partial charge is 0.508 e. The summed E-state index contributed by atoms with van der Waals surface area (Å²) >= 11 is 1.50. The molecule has 2 aromatic rings. The van der Waals surface area contributed by atoms with E-state index in [4.69, 9.17) is 9.47 Å². The summed E-state index contributed by atoms with van der Waals surface area (Å²) in [5.74, 6) is 0.590. The fourth-order valence-corrected chi connectivity index (χ4v) is 6.72. The van der Waals surface area contributed by atoms with E-state index >= 15 is 0 Å². The molecule has 1 amide bonds. The van der Waals surface area contributed by atoms with Crippen molar-refractivity contribution in [1.82, 2.24) is 4.90 Å². The number of rotatable bonds is 5. The maximum absolute atomic E-state index is 12.7. The third-order valence-electron chi connectivity index (χ3n) is 7.70. The first-order chi connectivity index (χ1) is 17.4. The number of carbonyl (C=O) groups excluding carboxylic acids is 1. The van der Waals surface area contributed by atoms with Crippen molar-refractivity contribution in [3.05, 3.63) is 41.5 Å². The number of phenols is 2. The van der Waals surface area contributed by atoms with Crippen LogP contribution in [0.15, 0.2) is 35.3 Å². The molecule has 0 bridgehead atoms. The molecule has 0 radical (unpaired) electrons. The second-order valence-corrected chi connectivity index (χ2v) is 11.4. The highest BCUT2D eigenvalue weighted by atomic mass is 32.2. The van der Waals surface area contributed by atoms with E-state index in [0.717, 1.165) is 60.6 Å². The standard InChI is InChI=1S/C28H34N2O5S/c1-28(8-4-3-5-9-28)21-17-19(6-7-22(21)31)20-14-18(15-23(34-2)25(20)32)16-24-26(33)29-27(36-24)30-10-12-35-13-11-30/h6-7,14-15,17,24,31-32H,3-5,8-13,16H2,1-2H3. The van der Waals surface area contributed by atoms with Crippen LogP contribution in [-0.2, 0) is 21.4 Å². The van der Waals surface area contributed by atoms with Gasteiger partial charge in [0.1, 0.15) is 5.75 Å². The van der Waals surface area contributed by atoms with Gasteiger partial charge in [-0.2, -0.15) is 4.99 Å². The van der Waals surface area contributed by atoms with Crippen LogP contribution in [0.25, 0.3) is 11.1 Å². The van der Waals surface area contributed by atoms with E-state index in [-0.39, 0.29) is 22.3 Å². The van der Waals surface area contributed by atoms with Crippen molar-refractivity contribution in [3.63, 3.8) is 0 Å². The average Bonchev–Trinajstić information content (AvgIpc) is 3.26. The van der Waals surface area contributed by atoms with Gasteiger partial charge in [0, 0.05) is 24.2 Å². The molecule has 0 spiro atoms. The van der Waals surface area contributed by atoms with Crippen LogP contribution in [0.3, 0.4) is 0 Å². The van der Waals surface area contributed by atoms with Crippen molar-refractivity contribution in [2.45, 2.75) is 56.1 Å². The lowest BCUT2D eigenvalue weighted by Crippen LogP contribution is -2.39. The van der Waals surface area contributed by atoms with Crippen LogP contribution in [-0.4, -0.2) is 64.9 Å². The van der Waals surface area contributed by atoms with Gasteiger partial charge in [-0.15, -0.1) is 0 Å². The van der Waals surface area contributed by atoms with Gasteiger partial charge in [0.25, 0.3) is 5.91 Å². The molecular weight excluding hydrogens is 476 g/mol. The Labute approximate surface area is 216 Å². The van der Waals surface area contributed by atoms with Gasteiger partial charge in [-0.3, -0.25) is 4.79 Å². The van der Waals surface area contributed by atoms with E-state index in [9.17, 15) is 15.0 Å². The minimum Gasteiger partial charge on any atom is -0.508 e. The van der Waals surface area contributed by atoms with E-state index in [2.05, 4.69) is 16.8 Å². The number of amides is 1.